The van der Waals surface area contributed by atoms with Gasteiger partial charge in [-0.3, -0.25) is 9.58 Å². The normalized spacial score (nSPS) is 33.9. The number of benzene rings is 1. The molecular formula is C27H35N3O3. The lowest BCUT2D eigenvalue weighted by Crippen LogP contribution is -2.74. The molecule has 2 aromatic rings. The third kappa shape index (κ3) is 2.87. The standard InChI is InChI=1S/C27H35N3O3/c1-17-22-14-27(32)25-12-19-4-5-21(31)13-23(19)26(27,8-9-29(25)16-18-2-3-18)15-24(22)30(28-17)20-6-10-33-11-7-20/h4-5,13,18,20,25,31-32H,2-3,6-12,14-16H2,1H3/t25?,26-,27-/m0/s1. The summed E-state index contributed by atoms with van der Waals surface area (Å²) in [6, 6.07) is 6.39. The Morgan fingerprint density at radius 1 is 1.15 bits per heavy atom. The quantitative estimate of drug-likeness (QED) is 0.754. The molecule has 1 aromatic carbocycles. The van der Waals surface area contributed by atoms with Gasteiger partial charge in [0.05, 0.1) is 17.3 Å². The maximum Gasteiger partial charge on any atom is 0.115 e. The lowest BCUT2D eigenvalue weighted by atomic mass is 9.49. The first-order valence-electron chi connectivity index (χ1n) is 12.9. The summed E-state index contributed by atoms with van der Waals surface area (Å²) in [6.07, 6.45) is 7.93. The molecule has 6 nitrogen and oxygen atoms in total. The summed E-state index contributed by atoms with van der Waals surface area (Å²) in [4.78, 5) is 2.61. The smallest absolute Gasteiger partial charge is 0.115 e. The minimum absolute atomic E-state index is 0.128. The molecule has 3 heterocycles. The molecule has 1 aromatic heterocycles. The molecule has 3 atom stereocenters. The van der Waals surface area contributed by atoms with Crippen LogP contribution in [0.1, 0.15) is 66.2 Å². The monoisotopic (exact) mass is 449 g/mol. The topological polar surface area (TPSA) is 70.8 Å². The molecule has 7 rings (SSSR count). The number of aryl methyl sites for hydroxylation is 1. The number of aliphatic hydroxyl groups is 1. The molecule has 0 radical (unpaired) electrons. The number of likely N-dealkylation sites (tertiary alicyclic amines) is 1. The van der Waals surface area contributed by atoms with Crippen LogP contribution < -0.4 is 0 Å². The first-order valence-corrected chi connectivity index (χ1v) is 12.9. The molecule has 0 amide bonds. The van der Waals surface area contributed by atoms with Gasteiger partial charge in [0.2, 0.25) is 0 Å². The SMILES string of the molecule is Cc1nn(C2CCOCC2)c2c1C[C@]1(O)C3Cc4ccc(O)cc4[C@]1(CCN3CC1CC1)C2. The fourth-order valence-corrected chi connectivity index (χ4v) is 7.70. The average Bonchev–Trinajstić information content (AvgIpc) is 3.58. The summed E-state index contributed by atoms with van der Waals surface area (Å²) in [7, 11) is 0. The maximum absolute atomic E-state index is 12.7. The zero-order valence-electron chi connectivity index (χ0n) is 19.6. The van der Waals surface area contributed by atoms with Gasteiger partial charge in [0.25, 0.3) is 0 Å². The number of phenols is 1. The van der Waals surface area contributed by atoms with Crippen molar-refractivity contribution >= 4 is 0 Å². The molecule has 3 fully saturated rings. The third-order valence-corrected chi connectivity index (χ3v) is 9.63. The van der Waals surface area contributed by atoms with E-state index >= 15 is 0 Å². The van der Waals surface area contributed by atoms with E-state index in [1.807, 2.05) is 12.1 Å². The van der Waals surface area contributed by atoms with Crippen LogP contribution in [-0.4, -0.2) is 62.8 Å². The number of rotatable bonds is 3. The van der Waals surface area contributed by atoms with Gasteiger partial charge in [0.15, 0.2) is 0 Å². The summed E-state index contributed by atoms with van der Waals surface area (Å²) >= 11 is 0. The van der Waals surface area contributed by atoms with E-state index in [1.165, 1.54) is 35.2 Å². The Balaban J connectivity index is 1.39. The zero-order valence-corrected chi connectivity index (χ0v) is 19.6. The summed E-state index contributed by atoms with van der Waals surface area (Å²) < 4.78 is 7.93. The van der Waals surface area contributed by atoms with E-state index in [4.69, 9.17) is 9.84 Å². The zero-order chi connectivity index (χ0) is 22.4. The van der Waals surface area contributed by atoms with E-state index in [2.05, 4.69) is 22.6 Å². The van der Waals surface area contributed by atoms with Crippen molar-refractivity contribution < 1.29 is 14.9 Å². The molecular weight excluding hydrogens is 414 g/mol. The molecule has 2 bridgehead atoms. The Hall–Kier alpha value is -1.89. The Labute approximate surface area is 195 Å². The number of nitrogens with zero attached hydrogens (tertiary/aromatic N) is 3. The van der Waals surface area contributed by atoms with Crippen LogP contribution >= 0.6 is 0 Å². The molecule has 6 heteroatoms. The van der Waals surface area contributed by atoms with Gasteiger partial charge in [-0.1, -0.05) is 6.07 Å². The van der Waals surface area contributed by atoms with Gasteiger partial charge in [0, 0.05) is 49.8 Å². The second-order valence-corrected chi connectivity index (χ2v) is 11.4. The molecule has 5 aliphatic rings. The Kier molecular flexibility index (Phi) is 4.38. The number of aromatic nitrogens is 2. The first kappa shape index (κ1) is 20.5. The number of fused-ring (bicyclic) bond motifs is 2. The Morgan fingerprint density at radius 3 is 2.76 bits per heavy atom. The summed E-state index contributed by atoms with van der Waals surface area (Å²) in [6.45, 7) is 5.85. The molecule has 1 unspecified atom stereocenters. The van der Waals surface area contributed by atoms with Gasteiger partial charge in [-0.2, -0.15) is 5.10 Å². The van der Waals surface area contributed by atoms with Gasteiger partial charge in [-0.05, 0) is 86.7 Å². The maximum atomic E-state index is 12.7. The first-order chi connectivity index (χ1) is 16.0. The number of aromatic hydroxyl groups is 1. The van der Waals surface area contributed by atoms with Crippen LogP contribution in [0.3, 0.4) is 0 Å². The predicted molar refractivity (Wildman–Crippen MR) is 125 cm³/mol. The van der Waals surface area contributed by atoms with Crippen LogP contribution in [0.5, 0.6) is 5.75 Å². The molecule has 2 N–H and O–H groups in total. The number of ether oxygens (including phenoxy) is 1. The second kappa shape index (κ2) is 7.06. The van der Waals surface area contributed by atoms with Crippen molar-refractivity contribution in [2.24, 2.45) is 5.92 Å². The van der Waals surface area contributed by atoms with Gasteiger partial charge in [0.1, 0.15) is 5.75 Å². The van der Waals surface area contributed by atoms with Crippen molar-refractivity contribution in [3.8, 4) is 5.75 Å². The van der Waals surface area contributed by atoms with E-state index in [1.54, 1.807) is 0 Å². The molecule has 1 saturated carbocycles. The lowest BCUT2D eigenvalue weighted by molar-refractivity contribution is -0.152. The van der Waals surface area contributed by atoms with Crippen LogP contribution in [0, 0.1) is 12.8 Å². The van der Waals surface area contributed by atoms with Crippen molar-refractivity contribution in [1.82, 2.24) is 14.7 Å². The van der Waals surface area contributed by atoms with E-state index in [0.717, 1.165) is 70.0 Å². The molecule has 176 valence electrons. The van der Waals surface area contributed by atoms with Crippen molar-refractivity contribution in [3.05, 3.63) is 46.3 Å². The van der Waals surface area contributed by atoms with Crippen LogP contribution in [-0.2, 0) is 29.4 Å². The number of phenolic OH excluding ortho intramolecular Hbond substituents is 1. The predicted octanol–water partition coefficient (Wildman–Crippen LogP) is 3.06. The van der Waals surface area contributed by atoms with Gasteiger partial charge in [-0.15, -0.1) is 0 Å². The highest BCUT2D eigenvalue weighted by molar-refractivity contribution is 5.52. The lowest BCUT2D eigenvalue weighted by Gasteiger charge is -2.63. The van der Waals surface area contributed by atoms with Crippen LogP contribution in [0.4, 0.5) is 0 Å². The van der Waals surface area contributed by atoms with Crippen LogP contribution in [0.2, 0.25) is 0 Å². The van der Waals surface area contributed by atoms with Crippen molar-refractivity contribution in [2.45, 2.75) is 81.4 Å². The third-order valence-electron chi connectivity index (χ3n) is 9.63. The number of hydrogen-bond donors (Lipinski definition) is 2. The van der Waals surface area contributed by atoms with Gasteiger partial charge >= 0.3 is 0 Å². The minimum atomic E-state index is -0.831. The molecule has 2 aliphatic heterocycles. The number of hydrogen-bond acceptors (Lipinski definition) is 5. The van der Waals surface area contributed by atoms with E-state index in [-0.39, 0.29) is 11.5 Å². The second-order valence-electron chi connectivity index (χ2n) is 11.4. The molecule has 2 saturated heterocycles. The summed E-state index contributed by atoms with van der Waals surface area (Å²) in [5, 5.41) is 28.2. The van der Waals surface area contributed by atoms with Gasteiger partial charge < -0.3 is 14.9 Å². The fraction of sp³-hybridized carbons (Fsp3) is 0.667. The highest BCUT2D eigenvalue weighted by Crippen LogP contribution is 2.58. The number of piperidine rings is 1. The summed E-state index contributed by atoms with van der Waals surface area (Å²) in [5.41, 5.74) is 4.94. The largest absolute Gasteiger partial charge is 0.508 e. The average molecular weight is 450 g/mol. The van der Waals surface area contributed by atoms with E-state index in [9.17, 15) is 10.2 Å². The fourth-order valence-electron chi connectivity index (χ4n) is 7.70. The van der Waals surface area contributed by atoms with Crippen molar-refractivity contribution in [2.75, 3.05) is 26.3 Å². The Bertz CT molecular complexity index is 1100. The van der Waals surface area contributed by atoms with Crippen LogP contribution in [0.15, 0.2) is 18.2 Å². The van der Waals surface area contributed by atoms with E-state index in [0.29, 0.717) is 18.2 Å². The summed E-state index contributed by atoms with van der Waals surface area (Å²) in [5.74, 6) is 1.11. The molecule has 33 heavy (non-hydrogen) atoms. The Morgan fingerprint density at radius 2 is 1.97 bits per heavy atom. The van der Waals surface area contributed by atoms with Crippen molar-refractivity contribution in [3.63, 3.8) is 0 Å². The highest BCUT2D eigenvalue weighted by atomic mass is 16.5. The van der Waals surface area contributed by atoms with Crippen LogP contribution in [0.25, 0.3) is 0 Å². The highest BCUT2D eigenvalue weighted by Gasteiger charge is 2.65. The molecule has 0 spiro atoms. The molecule has 3 aliphatic carbocycles. The van der Waals surface area contributed by atoms with Crippen molar-refractivity contribution in [1.29, 1.82) is 0 Å². The minimum Gasteiger partial charge on any atom is -0.508 e. The van der Waals surface area contributed by atoms with E-state index < -0.39 is 5.60 Å². The van der Waals surface area contributed by atoms with Gasteiger partial charge in [-0.25, -0.2) is 0 Å².